The van der Waals surface area contributed by atoms with Gasteiger partial charge in [0.1, 0.15) is 17.4 Å². The van der Waals surface area contributed by atoms with Crippen LogP contribution in [0.15, 0.2) is 46.4 Å². The molecule has 1 unspecified atom stereocenters. The van der Waals surface area contributed by atoms with Crippen LogP contribution in [0.5, 0.6) is 5.75 Å². The lowest BCUT2D eigenvalue weighted by Gasteiger charge is -2.47. The maximum Gasteiger partial charge on any atom is 0.266 e. The normalized spacial score (nSPS) is 17.5. The Morgan fingerprint density at radius 1 is 1.35 bits per heavy atom. The van der Waals surface area contributed by atoms with Crippen molar-refractivity contribution in [3.05, 3.63) is 57.6 Å². The number of nitrogens with one attached hydrogen (secondary N) is 1. The van der Waals surface area contributed by atoms with Gasteiger partial charge >= 0.3 is 0 Å². The number of ether oxygens (including phenoxy) is 1. The first-order valence-electron chi connectivity index (χ1n) is 10.4. The number of fused-ring (bicyclic) bond motifs is 1. The summed E-state index contributed by atoms with van der Waals surface area (Å²) in [5.74, 6) is 0.549. The van der Waals surface area contributed by atoms with Crippen LogP contribution in [-0.4, -0.2) is 25.1 Å². The lowest BCUT2D eigenvalue weighted by Crippen LogP contribution is -2.48. The Hall–Kier alpha value is -2.78. The van der Waals surface area contributed by atoms with E-state index in [4.69, 9.17) is 4.74 Å². The molecule has 0 spiro atoms. The second kappa shape index (κ2) is 9.15. The molecule has 6 heteroatoms. The van der Waals surface area contributed by atoms with Crippen molar-refractivity contribution in [3.8, 4) is 11.8 Å². The van der Waals surface area contributed by atoms with Crippen LogP contribution >= 0.6 is 15.9 Å². The first kappa shape index (κ1) is 22.9. The predicted molar refractivity (Wildman–Crippen MR) is 129 cm³/mol. The fraction of sp³-hybridized carbons (Fsp3) is 0.360. The Kier molecular flexibility index (Phi) is 6.76. The summed E-state index contributed by atoms with van der Waals surface area (Å²) in [7, 11) is 1.61. The van der Waals surface area contributed by atoms with E-state index in [0.717, 1.165) is 28.7 Å². The summed E-state index contributed by atoms with van der Waals surface area (Å²) in [6.45, 7) is 9.79. The van der Waals surface area contributed by atoms with Gasteiger partial charge in [-0.1, -0.05) is 22.9 Å². The molecule has 2 aromatic carbocycles. The Morgan fingerprint density at radius 3 is 2.61 bits per heavy atom. The van der Waals surface area contributed by atoms with Crippen molar-refractivity contribution in [1.29, 1.82) is 5.26 Å². The molecule has 0 aromatic heterocycles. The van der Waals surface area contributed by atoms with Gasteiger partial charge in [0.2, 0.25) is 0 Å². The van der Waals surface area contributed by atoms with Crippen molar-refractivity contribution in [3.63, 3.8) is 0 Å². The Morgan fingerprint density at radius 2 is 2.03 bits per heavy atom. The summed E-state index contributed by atoms with van der Waals surface area (Å²) >= 11 is 3.37. The van der Waals surface area contributed by atoms with Gasteiger partial charge in [-0.05, 0) is 75.1 Å². The average Bonchev–Trinajstić information content (AvgIpc) is 2.72. The molecule has 0 radical (unpaired) electrons. The lowest BCUT2D eigenvalue weighted by atomic mass is 9.79. The molecule has 0 bridgehead atoms. The van der Waals surface area contributed by atoms with E-state index >= 15 is 0 Å². The van der Waals surface area contributed by atoms with E-state index in [1.165, 1.54) is 5.56 Å². The largest absolute Gasteiger partial charge is 0.496 e. The Bertz CT molecular complexity index is 1050. The highest BCUT2D eigenvalue weighted by molar-refractivity contribution is 9.10. The smallest absolute Gasteiger partial charge is 0.266 e. The third kappa shape index (κ3) is 4.77. The van der Waals surface area contributed by atoms with E-state index in [-0.39, 0.29) is 11.1 Å². The highest BCUT2D eigenvalue weighted by Gasteiger charge is 2.36. The van der Waals surface area contributed by atoms with Gasteiger partial charge in [0.15, 0.2) is 0 Å². The van der Waals surface area contributed by atoms with Crippen molar-refractivity contribution in [2.45, 2.75) is 45.6 Å². The number of halogens is 1. The summed E-state index contributed by atoms with van der Waals surface area (Å²) in [4.78, 5) is 15.1. The van der Waals surface area contributed by atoms with Crippen LogP contribution in [0.1, 0.15) is 51.2 Å². The van der Waals surface area contributed by atoms with Crippen molar-refractivity contribution in [1.82, 2.24) is 0 Å². The fourth-order valence-corrected chi connectivity index (χ4v) is 4.72. The molecule has 2 aromatic rings. The topological polar surface area (TPSA) is 65.4 Å². The molecular formula is C25H28BrN3O2. The van der Waals surface area contributed by atoms with Crippen LogP contribution in [0.25, 0.3) is 6.08 Å². The summed E-state index contributed by atoms with van der Waals surface area (Å²) in [6, 6.07) is 13.3. The molecule has 0 fully saturated rings. The lowest BCUT2D eigenvalue weighted by molar-refractivity contribution is -0.112. The van der Waals surface area contributed by atoms with Gasteiger partial charge in [-0.2, -0.15) is 5.26 Å². The quantitative estimate of drug-likeness (QED) is 0.412. The van der Waals surface area contributed by atoms with Crippen molar-refractivity contribution < 1.29 is 9.53 Å². The number of rotatable bonds is 5. The molecule has 0 saturated heterocycles. The maximum atomic E-state index is 12.7. The van der Waals surface area contributed by atoms with Gasteiger partial charge in [0.25, 0.3) is 5.91 Å². The molecule has 1 N–H and O–H groups in total. The maximum absolute atomic E-state index is 12.7. The summed E-state index contributed by atoms with van der Waals surface area (Å²) < 4.78 is 6.56. The van der Waals surface area contributed by atoms with Gasteiger partial charge in [-0.15, -0.1) is 0 Å². The van der Waals surface area contributed by atoms with Gasteiger partial charge in [-0.3, -0.25) is 4.79 Å². The zero-order chi connectivity index (χ0) is 22.8. The molecule has 0 saturated carbocycles. The highest BCUT2D eigenvalue weighted by Crippen LogP contribution is 2.45. The second-order valence-electron chi connectivity index (χ2n) is 8.45. The van der Waals surface area contributed by atoms with E-state index in [9.17, 15) is 10.1 Å². The minimum atomic E-state index is -0.450. The van der Waals surface area contributed by atoms with Crippen LogP contribution in [-0.2, 0) is 4.79 Å². The van der Waals surface area contributed by atoms with Crippen LogP contribution in [0.4, 0.5) is 11.4 Å². The Balaban J connectivity index is 2.00. The van der Waals surface area contributed by atoms with Crippen LogP contribution in [0.2, 0.25) is 0 Å². The molecular weight excluding hydrogens is 454 g/mol. The number of benzene rings is 2. The number of amides is 1. The van der Waals surface area contributed by atoms with Crippen molar-refractivity contribution in [2.24, 2.45) is 0 Å². The third-order valence-electron chi connectivity index (χ3n) is 5.82. The molecule has 1 aliphatic rings. The number of hydrogen-bond acceptors (Lipinski definition) is 4. The number of anilines is 2. The van der Waals surface area contributed by atoms with Crippen LogP contribution in [0, 0.1) is 11.3 Å². The van der Waals surface area contributed by atoms with Gasteiger partial charge in [0, 0.05) is 39.6 Å². The van der Waals surface area contributed by atoms with E-state index < -0.39 is 5.91 Å². The molecule has 1 aliphatic heterocycles. The van der Waals surface area contributed by atoms with E-state index in [1.54, 1.807) is 25.3 Å². The van der Waals surface area contributed by atoms with Crippen molar-refractivity contribution >= 4 is 39.3 Å². The highest BCUT2D eigenvalue weighted by atomic mass is 79.9. The fourth-order valence-electron chi connectivity index (χ4n) is 4.45. The van der Waals surface area contributed by atoms with E-state index in [0.29, 0.717) is 17.4 Å². The number of carbonyl (C=O) groups excluding carboxylic acids is 1. The minimum absolute atomic E-state index is 0.0253. The third-order valence-corrected chi connectivity index (χ3v) is 6.35. The van der Waals surface area contributed by atoms with Gasteiger partial charge < -0.3 is 15.0 Å². The molecule has 1 atom stereocenters. The summed E-state index contributed by atoms with van der Waals surface area (Å²) in [5.41, 5.74) is 3.79. The monoisotopic (exact) mass is 481 g/mol. The Labute approximate surface area is 192 Å². The number of nitrogens with zero attached hydrogens (tertiary/aromatic N) is 2. The average molecular weight is 482 g/mol. The van der Waals surface area contributed by atoms with Crippen LogP contribution in [0.3, 0.4) is 0 Å². The first-order chi connectivity index (χ1) is 14.7. The zero-order valence-corrected chi connectivity index (χ0v) is 20.2. The number of nitriles is 1. The predicted octanol–water partition coefficient (Wildman–Crippen LogP) is 6.12. The molecule has 162 valence electrons. The van der Waals surface area contributed by atoms with Gasteiger partial charge in [-0.25, -0.2) is 0 Å². The minimum Gasteiger partial charge on any atom is -0.496 e. The molecule has 31 heavy (non-hydrogen) atoms. The molecule has 3 rings (SSSR count). The first-order valence-corrected chi connectivity index (χ1v) is 11.2. The van der Waals surface area contributed by atoms with Gasteiger partial charge in [0.05, 0.1) is 7.11 Å². The number of carbonyl (C=O) groups is 1. The van der Waals surface area contributed by atoms with E-state index in [1.807, 2.05) is 24.3 Å². The molecule has 5 nitrogen and oxygen atoms in total. The molecule has 1 heterocycles. The van der Waals surface area contributed by atoms with E-state index in [2.05, 4.69) is 59.9 Å². The molecule has 1 amide bonds. The summed E-state index contributed by atoms with van der Waals surface area (Å²) in [5, 5.41) is 12.4. The number of methoxy groups -OCH3 is 1. The SMILES string of the molecule is CCN1c2cc(OC)c(/C=C(\C#N)C(=O)Nc3ccc(Br)cc3)cc2C(C)CC1(C)C. The van der Waals surface area contributed by atoms with Crippen LogP contribution < -0.4 is 15.0 Å². The van der Waals surface area contributed by atoms with Crippen molar-refractivity contribution in [2.75, 3.05) is 23.9 Å². The standard InChI is InChI=1S/C25H28BrN3O2/c1-6-29-22-13-23(31-5)17(12-21(22)16(2)14-25(29,3)4)11-18(15-27)24(30)28-20-9-7-19(26)8-10-20/h7-13,16H,6,14H2,1-5H3,(H,28,30)/b18-11+. The molecule has 0 aliphatic carbocycles. The zero-order valence-electron chi connectivity index (χ0n) is 18.6. The summed E-state index contributed by atoms with van der Waals surface area (Å²) in [6.07, 6.45) is 2.63. The second-order valence-corrected chi connectivity index (χ2v) is 9.36. The number of hydrogen-bond donors (Lipinski definition) is 1.